The molecule has 1 aromatic heterocycles. The van der Waals surface area contributed by atoms with Crippen molar-refractivity contribution in [2.75, 3.05) is 5.32 Å². The lowest BCUT2D eigenvalue weighted by atomic mass is 10.1. The number of hydrogen-bond donors (Lipinski definition) is 1. The third-order valence-electron chi connectivity index (χ3n) is 4.59. The normalized spacial score (nSPS) is 11.2. The number of amides is 1. The largest absolute Gasteiger partial charge is 0.321 e. The van der Waals surface area contributed by atoms with E-state index >= 15 is 0 Å². The van der Waals surface area contributed by atoms with Gasteiger partial charge in [0.05, 0.1) is 0 Å². The van der Waals surface area contributed by atoms with Gasteiger partial charge in [-0.3, -0.25) is 4.79 Å². The van der Waals surface area contributed by atoms with E-state index < -0.39 is 5.91 Å². The fourth-order valence-electron chi connectivity index (χ4n) is 3.15. The van der Waals surface area contributed by atoms with Gasteiger partial charge < -0.3 is 9.88 Å². The van der Waals surface area contributed by atoms with Crippen LogP contribution >= 0.6 is 15.9 Å². The minimum Gasteiger partial charge on any atom is -0.321 e. The Morgan fingerprint density at radius 3 is 2.43 bits per heavy atom. The second-order valence-electron chi connectivity index (χ2n) is 6.58. The van der Waals surface area contributed by atoms with Crippen molar-refractivity contribution in [2.45, 2.75) is 20.8 Å². The first-order valence-corrected chi connectivity index (χ1v) is 9.63. The third-order valence-corrected chi connectivity index (χ3v) is 5.12. The highest BCUT2D eigenvalue weighted by molar-refractivity contribution is 9.10. The maximum absolute atomic E-state index is 12.5. The lowest BCUT2D eigenvalue weighted by molar-refractivity contribution is -0.112. The summed E-state index contributed by atoms with van der Waals surface area (Å²) in [5, 5.41) is 12.3. The maximum Gasteiger partial charge on any atom is 0.266 e. The number of nitrogens with zero attached hydrogens (tertiary/aromatic N) is 2. The molecule has 0 saturated carbocycles. The molecule has 140 valence electrons. The van der Waals surface area contributed by atoms with E-state index in [1.165, 1.54) is 0 Å². The van der Waals surface area contributed by atoms with Crippen molar-refractivity contribution in [3.8, 4) is 11.8 Å². The molecular formula is C23H20BrN3O. The lowest BCUT2D eigenvalue weighted by Gasteiger charge is -2.12. The van der Waals surface area contributed by atoms with Gasteiger partial charge in [0.25, 0.3) is 5.91 Å². The number of hydrogen-bond acceptors (Lipinski definition) is 2. The Labute approximate surface area is 173 Å². The van der Waals surface area contributed by atoms with E-state index in [0.29, 0.717) is 5.69 Å². The Bertz CT molecular complexity index is 1100. The van der Waals surface area contributed by atoms with Crippen LogP contribution in [0.15, 0.2) is 64.6 Å². The molecule has 3 rings (SSSR count). The number of halogens is 1. The minimum absolute atomic E-state index is 0.0629. The summed E-state index contributed by atoms with van der Waals surface area (Å²) in [5.74, 6) is -0.425. The van der Waals surface area contributed by atoms with E-state index in [2.05, 4.69) is 44.9 Å². The highest BCUT2D eigenvalue weighted by atomic mass is 79.9. The first-order chi connectivity index (χ1) is 13.4. The SMILES string of the molecule is Cc1ccccc1-n1c(C)cc(/C=C(/C#N)C(=O)Nc2ccc(Br)cc2)c1C. The van der Waals surface area contributed by atoms with Crippen molar-refractivity contribution < 1.29 is 4.79 Å². The van der Waals surface area contributed by atoms with Crippen LogP contribution in [0.4, 0.5) is 5.69 Å². The van der Waals surface area contributed by atoms with Crippen molar-refractivity contribution >= 4 is 33.6 Å². The maximum atomic E-state index is 12.5. The lowest BCUT2D eigenvalue weighted by Crippen LogP contribution is -2.13. The minimum atomic E-state index is -0.425. The molecule has 0 fully saturated rings. The van der Waals surface area contributed by atoms with Crippen LogP contribution in [-0.2, 0) is 4.79 Å². The molecule has 5 heteroatoms. The van der Waals surface area contributed by atoms with Gasteiger partial charge >= 0.3 is 0 Å². The number of nitriles is 1. The van der Waals surface area contributed by atoms with Gasteiger partial charge in [0.1, 0.15) is 11.6 Å². The molecule has 0 bridgehead atoms. The number of nitrogens with one attached hydrogen (secondary N) is 1. The van der Waals surface area contributed by atoms with Gasteiger partial charge in [0, 0.05) is 27.2 Å². The Kier molecular flexibility index (Phi) is 5.81. The van der Waals surface area contributed by atoms with E-state index in [1.807, 2.05) is 50.2 Å². The predicted molar refractivity (Wildman–Crippen MR) is 116 cm³/mol. The van der Waals surface area contributed by atoms with Crippen LogP contribution in [0.1, 0.15) is 22.5 Å². The van der Waals surface area contributed by atoms with Crippen LogP contribution in [0.5, 0.6) is 0 Å². The van der Waals surface area contributed by atoms with Gasteiger partial charge in [-0.2, -0.15) is 5.26 Å². The standard InChI is InChI=1S/C23H20BrN3O/c1-15-6-4-5-7-22(15)27-16(2)12-18(17(27)3)13-19(14-25)23(28)26-21-10-8-20(24)9-11-21/h4-13H,1-3H3,(H,26,28)/b19-13-. The molecule has 3 aromatic rings. The number of para-hydroxylation sites is 1. The topological polar surface area (TPSA) is 57.8 Å². The summed E-state index contributed by atoms with van der Waals surface area (Å²) in [4.78, 5) is 12.5. The Morgan fingerprint density at radius 1 is 1.11 bits per heavy atom. The summed E-state index contributed by atoms with van der Waals surface area (Å²) in [6.45, 7) is 6.08. The molecule has 1 amide bonds. The van der Waals surface area contributed by atoms with Crippen LogP contribution in [0.3, 0.4) is 0 Å². The second kappa shape index (κ2) is 8.28. The molecule has 0 spiro atoms. The summed E-state index contributed by atoms with van der Waals surface area (Å²) in [5.41, 5.74) is 5.83. The fraction of sp³-hybridized carbons (Fsp3) is 0.130. The zero-order chi connectivity index (χ0) is 20.3. The van der Waals surface area contributed by atoms with Crippen molar-refractivity contribution in [2.24, 2.45) is 0 Å². The van der Waals surface area contributed by atoms with E-state index in [9.17, 15) is 10.1 Å². The molecule has 0 unspecified atom stereocenters. The molecule has 4 nitrogen and oxygen atoms in total. The van der Waals surface area contributed by atoms with Gasteiger partial charge in [-0.25, -0.2) is 0 Å². The Balaban J connectivity index is 1.94. The molecule has 1 N–H and O–H groups in total. The van der Waals surface area contributed by atoms with Gasteiger partial charge in [-0.15, -0.1) is 0 Å². The molecular weight excluding hydrogens is 414 g/mol. The molecule has 0 atom stereocenters. The van der Waals surface area contributed by atoms with Gasteiger partial charge in [-0.1, -0.05) is 34.1 Å². The average molecular weight is 434 g/mol. The van der Waals surface area contributed by atoms with Crippen LogP contribution in [0.25, 0.3) is 11.8 Å². The smallest absolute Gasteiger partial charge is 0.266 e. The van der Waals surface area contributed by atoms with Gasteiger partial charge in [0.15, 0.2) is 0 Å². The molecule has 0 aliphatic rings. The highest BCUT2D eigenvalue weighted by Gasteiger charge is 2.14. The van der Waals surface area contributed by atoms with Gasteiger partial charge in [-0.05, 0) is 74.4 Å². The molecule has 0 saturated heterocycles. The van der Waals surface area contributed by atoms with Crippen molar-refractivity contribution in [3.05, 3.63) is 87.2 Å². The van der Waals surface area contributed by atoms with Crippen LogP contribution < -0.4 is 5.32 Å². The number of carbonyl (C=O) groups excluding carboxylic acids is 1. The number of carbonyl (C=O) groups is 1. The predicted octanol–water partition coefficient (Wildman–Crippen LogP) is 5.71. The summed E-state index contributed by atoms with van der Waals surface area (Å²) in [6, 6.07) is 19.4. The molecule has 0 radical (unpaired) electrons. The molecule has 2 aromatic carbocycles. The van der Waals surface area contributed by atoms with Crippen molar-refractivity contribution in [1.82, 2.24) is 4.57 Å². The van der Waals surface area contributed by atoms with Crippen molar-refractivity contribution in [3.63, 3.8) is 0 Å². The third kappa shape index (κ3) is 4.08. The monoisotopic (exact) mass is 433 g/mol. The zero-order valence-corrected chi connectivity index (χ0v) is 17.5. The van der Waals surface area contributed by atoms with Crippen molar-refractivity contribution in [1.29, 1.82) is 5.26 Å². The second-order valence-corrected chi connectivity index (χ2v) is 7.49. The molecule has 0 aliphatic carbocycles. The first kappa shape index (κ1) is 19.7. The molecule has 28 heavy (non-hydrogen) atoms. The van der Waals surface area contributed by atoms with E-state index in [1.54, 1.807) is 18.2 Å². The van der Waals surface area contributed by atoms with Crippen LogP contribution in [-0.4, -0.2) is 10.5 Å². The Hall–Kier alpha value is -3.10. The zero-order valence-electron chi connectivity index (χ0n) is 16.0. The summed E-state index contributed by atoms with van der Waals surface area (Å²) < 4.78 is 3.06. The number of rotatable bonds is 4. The van der Waals surface area contributed by atoms with E-state index in [4.69, 9.17) is 0 Å². The van der Waals surface area contributed by atoms with Crippen LogP contribution in [0.2, 0.25) is 0 Å². The molecule has 0 aliphatic heterocycles. The van der Waals surface area contributed by atoms with Gasteiger partial charge in [0.2, 0.25) is 0 Å². The Morgan fingerprint density at radius 2 is 1.79 bits per heavy atom. The average Bonchev–Trinajstić information content (AvgIpc) is 2.95. The summed E-state index contributed by atoms with van der Waals surface area (Å²) >= 11 is 3.36. The number of aromatic nitrogens is 1. The number of benzene rings is 2. The first-order valence-electron chi connectivity index (χ1n) is 8.84. The number of anilines is 1. The van der Waals surface area contributed by atoms with E-state index in [-0.39, 0.29) is 5.57 Å². The van der Waals surface area contributed by atoms with E-state index in [0.717, 1.165) is 32.7 Å². The molecule has 1 heterocycles. The number of aryl methyl sites for hydroxylation is 2. The highest BCUT2D eigenvalue weighted by Crippen LogP contribution is 2.25. The summed E-state index contributed by atoms with van der Waals surface area (Å²) in [7, 11) is 0. The quantitative estimate of drug-likeness (QED) is 0.422. The fourth-order valence-corrected chi connectivity index (χ4v) is 3.42. The summed E-state index contributed by atoms with van der Waals surface area (Å²) in [6.07, 6.45) is 1.64. The van der Waals surface area contributed by atoms with Crippen LogP contribution in [0, 0.1) is 32.1 Å².